The van der Waals surface area contributed by atoms with E-state index in [2.05, 4.69) is 26.3 Å². The van der Waals surface area contributed by atoms with Gasteiger partial charge in [0.15, 0.2) is 0 Å². The van der Waals surface area contributed by atoms with Crippen LogP contribution < -0.4 is 10.2 Å². The Bertz CT molecular complexity index is 1670. The maximum atomic E-state index is 13.0. The van der Waals surface area contributed by atoms with Gasteiger partial charge in [0.2, 0.25) is 5.95 Å². The topological polar surface area (TPSA) is 126 Å². The second-order valence-corrected chi connectivity index (χ2v) is 10.8. The van der Waals surface area contributed by atoms with E-state index >= 15 is 0 Å². The first-order valence-corrected chi connectivity index (χ1v) is 13.4. The third-order valence-corrected chi connectivity index (χ3v) is 7.87. The number of fused-ring (bicyclic) bond motifs is 4. The third kappa shape index (κ3) is 4.43. The Hall–Kier alpha value is -4.46. The highest BCUT2D eigenvalue weighted by atomic mass is 16.5. The summed E-state index contributed by atoms with van der Waals surface area (Å²) in [5.74, 6) is 0.466. The van der Waals surface area contributed by atoms with Gasteiger partial charge in [-0.3, -0.25) is 9.78 Å². The molecule has 1 N–H and O–H groups in total. The van der Waals surface area contributed by atoms with Crippen molar-refractivity contribution in [2.45, 2.75) is 44.1 Å². The smallest absolute Gasteiger partial charge is 0.251 e. The molecule has 0 spiro atoms. The van der Waals surface area contributed by atoms with Crippen molar-refractivity contribution in [3.05, 3.63) is 77.2 Å². The summed E-state index contributed by atoms with van der Waals surface area (Å²) in [6.45, 7) is 4.44. The predicted octanol–water partition coefficient (Wildman–Crippen LogP) is 3.31. The van der Waals surface area contributed by atoms with Crippen molar-refractivity contribution in [1.29, 1.82) is 5.26 Å². The van der Waals surface area contributed by atoms with Crippen LogP contribution in [0.5, 0.6) is 0 Å². The largest absolute Gasteiger partial charge is 0.375 e. The number of pyridine rings is 2. The van der Waals surface area contributed by atoms with Crippen LogP contribution in [0.15, 0.2) is 54.9 Å². The number of hydrogen-bond donors (Lipinski definition) is 1. The molecule has 40 heavy (non-hydrogen) atoms. The molecule has 7 heterocycles. The van der Waals surface area contributed by atoms with Crippen LogP contribution in [0, 0.1) is 11.3 Å². The average molecular weight is 534 g/mol. The van der Waals surface area contributed by atoms with Gasteiger partial charge in [0.1, 0.15) is 5.41 Å². The van der Waals surface area contributed by atoms with Gasteiger partial charge in [0.25, 0.3) is 5.91 Å². The van der Waals surface area contributed by atoms with Crippen LogP contribution in [-0.4, -0.2) is 57.7 Å². The number of hydrogen-bond acceptors (Lipinski definition) is 9. The lowest BCUT2D eigenvalue weighted by atomic mass is 9.79. The third-order valence-electron chi connectivity index (χ3n) is 7.87. The standard InChI is InChI=1S/C30H27N7O3/c1-30(16-31)17-39-15-20-3-2-18(8-24(20)30)28(38)34-12-21-9-27-19(11-33-21)4-5-25(35-27)26-6-7-32-29(36-26)37-13-22-10-23(14-37)40-22/h2-9,11,22-23H,10,12-15,17H2,1H3,(H,34,38)/t22?,23?,30-/m1/s1. The number of morpholine rings is 1. The second kappa shape index (κ2) is 9.62. The van der Waals surface area contributed by atoms with E-state index in [1.807, 2.05) is 37.3 Å². The van der Waals surface area contributed by atoms with Crippen molar-refractivity contribution in [2.75, 3.05) is 24.6 Å². The van der Waals surface area contributed by atoms with E-state index in [1.54, 1.807) is 24.5 Å². The number of ether oxygens (including phenoxy) is 2. The summed E-state index contributed by atoms with van der Waals surface area (Å²) in [5.41, 5.74) is 4.45. The van der Waals surface area contributed by atoms with Crippen LogP contribution >= 0.6 is 0 Å². The molecule has 10 heteroatoms. The first-order valence-electron chi connectivity index (χ1n) is 13.4. The fourth-order valence-corrected chi connectivity index (χ4v) is 5.63. The second-order valence-electron chi connectivity index (χ2n) is 10.8. The van der Waals surface area contributed by atoms with Crippen molar-refractivity contribution in [1.82, 2.24) is 25.3 Å². The number of carbonyl (C=O) groups is 1. The Kier molecular flexibility index (Phi) is 5.91. The lowest BCUT2D eigenvalue weighted by molar-refractivity contribution is -0.133. The minimum Gasteiger partial charge on any atom is -0.375 e. The SMILES string of the molecule is C[C@@]1(C#N)COCc2ccc(C(=O)NCc3cc4nc(-c5ccnc(N6CC7CC(C6)O7)n5)ccc4cn3)cc21. The van der Waals surface area contributed by atoms with E-state index in [9.17, 15) is 10.1 Å². The van der Waals surface area contributed by atoms with Crippen LogP contribution in [0.1, 0.15) is 40.5 Å². The van der Waals surface area contributed by atoms with Gasteiger partial charge < -0.3 is 19.7 Å². The Morgan fingerprint density at radius 2 is 1.95 bits per heavy atom. The molecular weight excluding hydrogens is 506 g/mol. The van der Waals surface area contributed by atoms with E-state index in [-0.39, 0.29) is 24.7 Å². The molecule has 2 bridgehead atoms. The molecule has 4 aliphatic rings. The minimum absolute atomic E-state index is 0.229. The molecule has 8 rings (SSSR count). The molecule has 3 atom stereocenters. The van der Waals surface area contributed by atoms with E-state index in [4.69, 9.17) is 19.4 Å². The van der Waals surface area contributed by atoms with E-state index in [0.29, 0.717) is 30.4 Å². The zero-order valence-electron chi connectivity index (χ0n) is 22.0. The van der Waals surface area contributed by atoms with Gasteiger partial charge in [0, 0.05) is 42.9 Å². The fourth-order valence-electron chi connectivity index (χ4n) is 5.63. The Morgan fingerprint density at radius 1 is 1.12 bits per heavy atom. The average Bonchev–Trinajstić information content (AvgIpc) is 2.99. The summed E-state index contributed by atoms with van der Waals surface area (Å²) in [6, 6.07) is 15.4. The highest BCUT2D eigenvalue weighted by Gasteiger charge is 2.39. The minimum atomic E-state index is -0.778. The summed E-state index contributed by atoms with van der Waals surface area (Å²) in [5, 5.41) is 13.5. The maximum Gasteiger partial charge on any atom is 0.251 e. The highest BCUT2D eigenvalue weighted by Crippen LogP contribution is 2.33. The Balaban J connectivity index is 1.08. The molecule has 3 fully saturated rings. The van der Waals surface area contributed by atoms with E-state index in [1.165, 1.54) is 0 Å². The van der Waals surface area contributed by atoms with Crippen LogP contribution in [0.25, 0.3) is 22.3 Å². The van der Waals surface area contributed by atoms with Gasteiger partial charge in [-0.1, -0.05) is 6.07 Å². The lowest BCUT2D eigenvalue weighted by Crippen LogP contribution is -2.57. The number of nitriles is 1. The van der Waals surface area contributed by atoms with E-state index in [0.717, 1.165) is 52.9 Å². The molecule has 1 amide bonds. The van der Waals surface area contributed by atoms with Crippen molar-refractivity contribution in [3.63, 3.8) is 0 Å². The van der Waals surface area contributed by atoms with Crippen molar-refractivity contribution < 1.29 is 14.3 Å². The molecule has 10 nitrogen and oxygen atoms in total. The first kappa shape index (κ1) is 24.6. The number of piperidine rings is 1. The molecule has 0 radical (unpaired) electrons. The quantitative estimate of drug-likeness (QED) is 0.411. The number of rotatable bonds is 5. The number of carbonyl (C=O) groups excluding carboxylic acids is 1. The molecular formula is C30H27N7O3. The Labute approximate surface area is 231 Å². The van der Waals surface area contributed by atoms with Crippen LogP contribution in [-0.2, 0) is 28.0 Å². The summed E-state index contributed by atoms with van der Waals surface area (Å²) < 4.78 is 11.3. The predicted molar refractivity (Wildman–Crippen MR) is 146 cm³/mol. The molecule has 3 aromatic heterocycles. The summed E-state index contributed by atoms with van der Waals surface area (Å²) >= 11 is 0. The number of nitrogens with one attached hydrogen (secondary N) is 1. The van der Waals surface area contributed by atoms with Gasteiger partial charge in [0.05, 0.1) is 60.6 Å². The van der Waals surface area contributed by atoms with Crippen molar-refractivity contribution in [3.8, 4) is 17.5 Å². The fraction of sp³-hybridized carbons (Fsp3) is 0.333. The molecule has 1 aromatic carbocycles. The van der Waals surface area contributed by atoms with Gasteiger partial charge >= 0.3 is 0 Å². The number of amides is 1. The van der Waals surface area contributed by atoms with Crippen LogP contribution in [0.4, 0.5) is 5.95 Å². The lowest BCUT2D eigenvalue weighted by Gasteiger charge is -2.46. The molecule has 2 unspecified atom stereocenters. The molecule has 0 aliphatic carbocycles. The summed E-state index contributed by atoms with van der Waals surface area (Å²) in [6.07, 6.45) is 5.19. The molecule has 3 saturated heterocycles. The number of benzene rings is 1. The molecule has 0 saturated carbocycles. The van der Waals surface area contributed by atoms with Crippen LogP contribution in [0.2, 0.25) is 0 Å². The maximum absolute atomic E-state index is 13.0. The highest BCUT2D eigenvalue weighted by molar-refractivity contribution is 5.94. The molecule has 4 aromatic rings. The summed E-state index contributed by atoms with van der Waals surface area (Å²) in [4.78, 5) is 33.8. The van der Waals surface area contributed by atoms with Crippen molar-refractivity contribution >= 4 is 22.8 Å². The summed E-state index contributed by atoms with van der Waals surface area (Å²) in [7, 11) is 0. The monoisotopic (exact) mass is 533 g/mol. The number of nitrogens with zero attached hydrogens (tertiary/aromatic N) is 6. The van der Waals surface area contributed by atoms with Crippen molar-refractivity contribution in [2.24, 2.45) is 0 Å². The number of anilines is 1. The zero-order valence-corrected chi connectivity index (χ0v) is 22.0. The van der Waals surface area contributed by atoms with E-state index < -0.39 is 5.41 Å². The molecule has 4 aliphatic heterocycles. The normalized spacial score (nSPS) is 23.1. The molecule has 200 valence electrons. The van der Waals surface area contributed by atoms with Gasteiger partial charge in [-0.05, 0) is 54.4 Å². The van der Waals surface area contributed by atoms with Gasteiger partial charge in [-0.15, -0.1) is 0 Å². The van der Waals surface area contributed by atoms with Crippen LogP contribution in [0.3, 0.4) is 0 Å². The van der Waals surface area contributed by atoms with Gasteiger partial charge in [-0.2, -0.15) is 5.26 Å². The first-order chi connectivity index (χ1) is 19.5. The van der Waals surface area contributed by atoms with Gasteiger partial charge in [-0.25, -0.2) is 15.0 Å². The number of aromatic nitrogens is 4. The zero-order chi connectivity index (χ0) is 27.3. The Morgan fingerprint density at radius 3 is 2.77 bits per heavy atom.